The first-order valence-corrected chi connectivity index (χ1v) is 9.72. The number of hydrogen-bond acceptors (Lipinski definition) is 3. The molecule has 0 unspecified atom stereocenters. The highest BCUT2D eigenvalue weighted by Gasteiger charge is 2.13. The maximum Gasteiger partial charge on any atom is 0.198 e. The fourth-order valence-electron chi connectivity index (χ4n) is 3.36. The Labute approximate surface area is 156 Å². The molecule has 1 saturated heterocycles. The van der Waals surface area contributed by atoms with Crippen molar-refractivity contribution in [2.45, 2.75) is 52.4 Å². The Morgan fingerprint density at radius 2 is 1.81 bits per heavy atom. The van der Waals surface area contributed by atoms with Crippen LogP contribution in [0.25, 0.3) is 0 Å². The van der Waals surface area contributed by atoms with Crippen LogP contribution in [0.2, 0.25) is 0 Å². The van der Waals surface area contributed by atoms with Crippen LogP contribution in [0, 0.1) is 5.92 Å². The molecule has 0 bridgehead atoms. The first-order chi connectivity index (χ1) is 12.6. The van der Waals surface area contributed by atoms with Crippen LogP contribution in [0.4, 0.5) is 5.82 Å². The number of aryl methyl sites for hydroxylation is 2. The molecular weight excluding hydrogens is 324 g/mol. The number of nitrogens with zero attached hydrogens (tertiary/aromatic N) is 3. The Hall–Kier alpha value is -2.30. The number of hydrogen-bond donors (Lipinski definition) is 1. The predicted octanol–water partition coefficient (Wildman–Crippen LogP) is 4.09. The second-order valence-electron chi connectivity index (χ2n) is 7.58. The zero-order chi connectivity index (χ0) is 18.4. The molecule has 0 saturated carbocycles. The van der Waals surface area contributed by atoms with E-state index in [1.165, 1.54) is 30.4 Å². The van der Waals surface area contributed by atoms with Gasteiger partial charge in [0.25, 0.3) is 0 Å². The Morgan fingerprint density at radius 3 is 2.50 bits per heavy atom. The Bertz CT molecular complexity index is 712. The minimum Gasteiger partial charge on any atom is -0.369 e. The van der Waals surface area contributed by atoms with Crippen molar-refractivity contribution in [1.82, 2.24) is 10.1 Å². The van der Waals surface area contributed by atoms with Crippen molar-refractivity contribution in [3.05, 3.63) is 47.2 Å². The normalized spacial score (nSPS) is 15.7. The smallest absolute Gasteiger partial charge is 0.198 e. The molecule has 1 fully saturated rings. The van der Waals surface area contributed by atoms with Crippen LogP contribution < -0.4 is 5.73 Å². The molecule has 1 aliphatic heterocycles. The van der Waals surface area contributed by atoms with Crippen LogP contribution in [-0.4, -0.2) is 29.1 Å². The Morgan fingerprint density at radius 1 is 1.12 bits per heavy atom. The number of piperidine rings is 1. The summed E-state index contributed by atoms with van der Waals surface area (Å²) in [6, 6.07) is 10.8. The first kappa shape index (κ1) is 18.5. The molecule has 140 valence electrons. The minimum atomic E-state index is 0.547. The van der Waals surface area contributed by atoms with Gasteiger partial charge < -0.3 is 15.2 Å². The van der Waals surface area contributed by atoms with E-state index in [-0.39, 0.29) is 0 Å². The van der Waals surface area contributed by atoms with Crippen molar-refractivity contribution < 1.29 is 4.52 Å². The van der Waals surface area contributed by atoms with Gasteiger partial charge in [0.2, 0.25) is 0 Å². The van der Waals surface area contributed by atoms with Crippen molar-refractivity contribution in [3.63, 3.8) is 0 Å². The van der Waals surface area contributed by atoms with E-state index in [1.54, 1.807) is 0 Å². The van der Waals surface area contributed by atoms with Crippen molar-refractivity contribution in [2.24, 2.45) is 16.6 Å². The fraction of sp³-hybridized carbons (Fsp3) is 0.524. The van der Waals surface area contributed by atoms with Crippen LogP contribution in [0.3, 0.4) is 0 Å². The molecule has 5 nitrogen and oxygen atoms in total. The van der Waals surface area contributed by atoms with Gasteiger partial charge in [-0.15, -0.1) is 0 Å². The molecule has 1 aromatic carbocycles. The van der Waals surface area contributed by atoms with E-state index in [0.29, 0.717) is 17.7 Å². The lowest BCUT2D eigenvalue weighted by Crippen LogP contribution is -2.40. The number of likely N-dealkylation sites (tertiary alicyclic amines) is 1. The molecule has 1 aliphatic rings. The zero-order valence-corrected chi connectivity index (χ0v) is 15.9. The number of nitrogens with two attached hydrogens (primary N) is 1. The molecule has 26 heavy (non-hydrogen) atoms. The average molecular weight is 354 g/mol. The summed E-state index contributed by atoms with van der Waals surface area (Å²) in [5, 5.41) is 4.04. The zero-order valence-electron chi connectivity index (χ0n) is 15.9. The van der Waals surface area contributed by atoms with Crippen LogP contribution in [0.1, 0.15) is 50.0 Å². The van der Waals surface area contributed by atoms with Gasteiger partial charge in [-0.25, -0.2) is 0 Å². The summed E-state index contributed by atoms with van der Waals surface area (Å²) < 4.78 is 5.42. The monoisotopic (exact) mass is 354 g/mol. The fourth-order valence-corrected chi connectivity index (χ4v) is 3.36. The third-order valence-electron chi connectivity index (χ3n) is 4.78. The highest BCUT2D eigenvalue weighted by atomic mass is 16.5. The van der Waals surface area contributed by atoms with Gasteiger partial charge in [0, 0.05) is 25.6 Å². The van der Waals surface area contributed by atoms with Crippen LogP contribution in [-0.2, 0) is 19.3 Å². The van der Waals surface area contributed by atoms with Gasteiger partial charge in [-0.1, -0.05) is 43.3 Å². The number of aromatic nitrogens is 1. The van der Waals surface area contributed by atoms with Crippen LogP contribution >= 0.6 is 0 Å². The third kappa shape index (κ3) is 5.35. The van der Waals surface area contributed by atoms with Gasteiger partial charge in [-0.3, -0.25) is 0 Å². The third-order valence-corrected chi connectivity index (χ3v) is 4.78. The van der Waals surface area contributed by atoms with Crippen molar-refractivity contribution >= 4 is 11.8 Å². The van der Waals surface area contributed by atoms with E-state index in [1.807, 2.05) is 6.07 Å². The van der Waals surface area contributed by atoms with Crippen LogP contribution in [0.15, 0.2) is 39.8 Å². The Kier molecular flexibility index (Phi) is 6.31. The number of benzene rings is 1. The second kappa shape index (κ2) is 8.88. The summed E-state index contributed by atoms with van der Waals surface area (Å²) >= 11 is 0. The summed E-state index contributed by atoms with van der Waals surface area (Å²) in [4.78, 5) is 6.53. The summed E-state index contributed by atoms with van der Waals surface area (Å²) in [7, 11) is 0. The molecule has 1 aromatic heterocycles. The highest BCUT2D eigenvalue weighted by molar-refractivity contribution is 5.80. The lowest BCUT2D eigenvalue weighted by Gasteiger charge is -2.27. The molecule has 0 radical (unpaired) electrons. The number of rotatable bonds is 6. The SMILES string of the molecule is CC(C)Cc1ccc(CCc2cc(N=C(N)N3CCCCC3)no2)cc1. The molecule has 2 N–H and O–H groups in total. The van der Waals surface area contributed by atoms with E-state index < -0.39 is 0 Å². The molecule has 2 heterocycles. The molecule has 3 rings (SSSR count). The predicted molar refractivity (Wildman–Crippen MR) is 106 cm³/mol. The molecule has 5 heteroatoms. The molecular formula is C21H30N4O. The summed E-state index contributed by atoms with van der Waals surface area (Å²) in [6.07, 6.45) is 6.50. The van der Waals surface area contributed by atoms with Gasteiger partial charge in [-0.2, -0.15) is 4.99 Å². The lowest BCUT2D eigenvalue weighted by molar-refractivity contribution is 0.338. The average Bonchev–Trinajstić information content (AvgIpc) is 3.09. The Balaban J connectivity index is 1.53. The van der Waals surface area contributed by atoms with Gasteiger partial charge in [0.05, 0.1) is 0 Å². The first-order valence-electron chi connectivity index (χ1n) is 9.72. The molecule has 0 amide bonds. The maximum absolute atomic E-state index is 6.10. The molecule has 0 aliphatic carbocycles. The van der Waals surface area contributed by atoms with Crippen molar-refractivity contribution in [1.29, 1.82) is 0 Å². The van der Waals surface area contributed by atoms with Crippen molar-refractivity contribution in [2.75, 3.05) is 13.1 Å². The number of guanidine groups is 1. The topological polar surface area (TPSA) is 67.7 Å². The summed E-state index contributed by atoms with van der Waals surface area (Å²) in [5.74, 6) is 2.65. The maximum atomic E-state index is 6.10. The van der Waals surface area contributed by atoms with E-state index >= 15 is 0 Å². The quantitative estimate of drug-likeness (QED) is 0.627. The second-order valence-corrected chi connectivity index (χ2v) is 7.58. The van der Waals surface area contributed by atoms with Gasteiger partial charge in [0.1, 0.15) is 5.76 Å². The van der Waals surface area contributed by atoms with Crippen molar-refractivity contribution in [3.8, 4) is 0 Å². The summed E-state index contributed by atoms with van der Waals surface area (Å²) in [6.45, 7) is 6.45. The number of aliphatic imine (C=N–C) groups is 1. The largest absolute Gasteiger partial charge is 0.369 e. The van der Waals surface area contributed by atoms with E-state index in [0.717, 1.165) is 38.1 Å². The summed E-state index contributed by atoms with van der Waals surface area (Å²) in [5.41, 5.74) is 8.81. The van der Waals surface area contributed by atoms with Gasteiger partial charge >= 0.3 is 0 Å². The van der Waals surface area contributed by atoms with Gasteiger partial charge in [-0.05, 0) is 49.1 Å². The highest BCUT2D eigenvalue weighted by Crippen LogP contribution is 2.17. The molecule has 0 atom stereocenters. The van der Waals surface area contributed by atoms with E-state index in [2.05, 4.69) is 53.2 Å². The lowest BCUT2D eigenvalue weighted by atomic mass is 10.0. The van der Waals surface area contributed by atoms with Crippen LogP contribution in [0.5, 0.6) is 0 Å². The van der Waals surface area contributed by atoms with E-state index in [9.17, 15) is 0 Å². The standard InChI is InChI=1S/C21H30N4O/c1-16(2)14-18-8-6-17(7-9-18)10-11-19-15-20(24-26-19)23-21(22)25-12-4-3-5-13-25/h6-9,15-16H,3-5,10-14H2,1-2H3,(H2,22,23,24). The minimum absolute atomic E-state index is 0.547. The van der Waals surface area contributed by atoms with E-state index in [4.69, 9.17) is 10.3 Å². The molecule has 0 spiro atoms. The molecule has 2 aromatic rings. The van der Waals surface area contributed by atoms with Gasteiger partial charge in [0.15, 0.2) is 11.8 Å².